The zero-order chi connectivity index (χ0) is 17.8. The van der Waals surface area contributed by atoms with Crippen LogP contribution in [0.25, 0.3) is 0 Å². The Kier molecular flexibility index (Phi) is 5.68. The van der Waals surface area contributed by atoms with Gasteiger partial charge in [-0.15, -0.1) is 0 Å². The lowest BCUT2D eigenvalue weighted by molar-refractivity contribution is 0.0681. The highest BCUT2D eigenvalue weighted by molar-refractivity contribution is 5.93. The number of carbonyl (C=O) groups is 1. The van der Waals surface area contributed by atoms with Gasteiger partial charge in [-0.2, -0.15) is 0 Å². The zero-order valence-corrected chi connectivity index (χ0v) is 15.8. The van der Waals surface area contributed by atoms with Crippen LogP contribution < -0.4 is 4.90 Å². The zero-order valence-electron chi connectivity index (χ0n) is 15.8. The van der Waals surface area contributed by atoms with Crippen LogP contribution >= 0.6 is 0 Å². The Morgan fingerprint density at radius 3 is 2.19 bits per heavy atom. The SMILES string of the molecule is O=C(c1cnc(N2CCCC2)nc1)N1CCC(CCN2CCCC2)CC1. The van der Waals surface area contributed by atoms with Crippen molar-refractivity contribution in [1.82, 2.24) is 19.8 Å². The molecule has 0 atom stereocenters. The van der Waals surface area contributed by atoms with Crippen molar-refractivity contribution in [3.05, 3.63) is 18.0 Å². The molecule has 3 fully saturated rings. The van der Waals surface area contributed by atoms with E-state index >= 15 is 0 Å². The van der Waals surface area contributed by atoms with Crippen LogP contribution in [0.2, 0.25) is 0 Å². The number of nitrogens with zero attached hydrogens (tertiary/aromatic N) is 5. The Morgan fingerprint density at radius 1 is 0.923 bits per heavy atom. The Balaban J connectivity index is 1.25. The molecule has 4 rings (SSSR count). The topological polar surface area (TPSA) is 52.6 Å². The number of likely N-dealkylation sites (tertiary alicyclic amines) is 2. The van der Waals surface area contributed by atoms with E-state index in [0.717, 1.165) is 50.9 Å². The summed E-state index contributed by atoms with van der Waals surface area (Å²) in [6.07, 6.45) is 12.1. The summed E-state index contributed by atoms with van der Waals surface area (Å²) in [5, 5.41) is 0. The van der Waals surface area contributed by atoms with E-state index in [0.29, 0.717) is 5.56 Å². The predicted molar refractivity (Wildman–Crippen MR) is 102 cm³/mol. The smallest absolute Gasteiger partial charge is 0.256 e. The maximum atomic E-state index is 12.7. The van der Waals surface area contributed by atoms with Gasteiger partial charge < -0.3 is 14.7 Å². The first kappa shape index (κ1) is 17.7. The van der Waals surface area contributed by atoms with Crippen LogP contribution in [-0.4, -0.2) is 71.5 Å². The van der Waals surface area contributed by atoms with Gasteiger partial charge in [-0.3, -0.25) is 4.79 Å². The maximum Gasteiger partial charge on any atom is 0.256 e. The lowest BCUT2D eigenvalue weighted by Gasteiger charge is -2.32. The summed E-state index contributed by atoms with van der Waals surface area (Å²) in [5.41, 5.74) is 0.628. The van der Waals surface area contributed by atoms with Crippen molar-refractivity contribution in [2.75, 3.05) is 50.7 Å². The van der Waals surface area contributed by atoms with Gasteiger partial charge in [0, 0.05) is 38.6 Å². The third kappa shape index (κ3) is 4.17. The summed E-state index contributed by atoms with van der Waals surface area (Å²) in [5.74, 6) is 1.63. The molecule has 4 heterocycles. The summed E-state index contributed by atoms with van der Waals surface area (Å²) in [4.78, 5) is 28.4. The number of hydrogen-bond donors (Lipinski definition) is 0. The fourth-order valence-electron chi connectivity index (χ4n) is 4.49. The van der Waals surface area contributed by atoms with Crippen LogP contribution in [0.15, 0.2) is 12.4 Å². The second-order valence-electron chi connectivity index (χ2n) is 8.04. The van der Waals surface area contributed by atoms with Crippen LogP contribution in [0.3, 0.4) is 0 Å². The van der Waals surface area contributed by atoms with Crippen molar-refractivity contribution in [2.45, 2.75) is 44.9 Å². The first-order valence-corrected chi connectivity index (χ1v) is 10.4. The molecule has 0 unspecified atom stereocenters. The molecule has 0 aromatic carbocycles. The molecule has 0 N–H and O–H groups in total. The average Bonchev–Trinajstić information content (AvgIpc) is 3.40. The number of anilines is 1. The molecule has 142 valence electrons. The summed E-state index contributed by atoms with van der Waals surface area (Å²) in [6, 6.07) is 0. The molecule has 1 aromatic rings. The molecule has 1 amide bonds. The van der Waals surface area contributed by atoms with Crippen LogP contribution in [0, 0.1) is 5.92 Å². The van der Waals surface area contributed by atoms with Crippen molar-refractivity contribution in [2.24, 2.45) is 5.92 Å². The molecule has 0 spiro atoms. The van der Waals surface area contributed by atoms with E-state index in [2.05, 4.69) is 19.8 Å². The number of piperidine rings is 1. The summed E-state index contributed by atoms with van der Waals surface area (Å²) >= 11 is 0. The molecular weight excluding hydrogens is 326 g/mol. The second-order valence-corrected chi connectivity index (χ2v) is 8.04. The minimum absolute atomic E-state index is 0.0935. The van der Waals surface area contributed by atoms with Gasteiger partial charge in [-0.05, 0) is 70.5 Å². The molecule has 3 aliphatic heterocycles. The Hall–Kier alpha value is -1.69. The van der Waals surface area contributed by atoms with Gasteiger partial charge in [0.25, 0.3) is 5.91 Å². The van der Waals surface area contributed by atoms with Crippen LogP contribution in [0.1, 0.15) is 55.3 Å². The van der Waals surface area contributed by atoms with Crippen molar-refractivity contribution < 1.29 is 4.79 Å². The van der Waals surface area contributed by atoms with Gasteiger partial charge in [0.05, 0.1) is 5.56 Å². The molecule has 0 radical (unpaired) electrons. The average molecular weight is 358 g/mol. The number of carbonyl (C=O) groups excluding carboxylic acids is 1. The molecule has 0 bridgehead atoms. The third-order valence-electron chi connectivity index (χ3n) is 6.23. The Labute approximate surface area is 156 Å². The monoisotopic (exact) mass is 357 g/mol. The van der Waals surface area contributed by atoms with E-state index in [4.69, 9.17) is 0 Å². The highest BCUT2D eigenvalue weighted by atomic mass is 16.2. The van der Waals surface area contributed by atoms with E-state index in [1.807, 2.05) is 4.90 Å². The third-order valence-corrected chi connectivity index (χ3v) is 6.23. The fourth-order valence-corrected chi connectivity index (χ4v) is 4.49. The molecule has 3 saturated heterocycles. The predicted octanol–water partition coefficient (Wildman–Crippen LogP) is 2.41. The standard InChI is InChI=1S/C20H31N5O/c26-19(18-15-21-20(22-16-18)25-10-3-4-11-25)24-13-6-17(7-14-24)5-12-23-8-1-2-9-23/h15-17H,1-14H2. The largest absolute Gasteiger partial charge is 0.341 e. The van der Waals surface area contributed by atoms with Gasteiger partial charge in [-0.25, -0.2) is 9.97 Å². The van der Waals surface area contributed by atoms with Gasteiger partial charge in [0.1, 0.15) is 0 Å². The highest BCUT2D eigenvalue weighted by Crippen LogP contribution is 2.23. The van der Waals surface area contributed by atoms with E-state index in [-0.39, 0.29) is 5.91 Å². The summed E-state index contributed by atoms with van der Waals surface area (Å²) < 4.78 is 0. The van der Waals surface area contributed by atoms with Gasteiger partial charge in [0.2, 0.25) is 5.95 Å². The maximum absolute atomic E-state index is 12.7. The number of hydrogen-bond acceptors (Lipinski definition) is 5. The van der Waals surface area contributed by atoms with Gasteiger partial charge >= 0.3 is 0 Å². The molecule has 1 aromatic heterocycles. The normalized spacial score (nSPS) is 22.3. The van der Waals surface area contributed by atoms with Crippen LogP contribution in [0.5, 0.6) is 0 Å². The number of amides is 1. The fraction of sp³-hybridized carbons (Fsp3) is 0.750. The lowest BCUT2D eigenvalue weighted by atomic mass is 9.93. The van der Waals surface area contributed by atoms with E-state index in [9.17, 15) is 4.79 Å². The van der Waals surface area contributed by atoms with E-state index in [1.54, 1.807) is 12.4 Å². The van der Waals surface area contributed by atoms with Gasteiger partial charge in [0.15, 0.2) is 0 Å². The minimum atomic E-state index is 0.0935. The second kappa shape index (κ2) is 8.33. The molecule has 0 saturated carbocycles. The molecule has 3 aliphatic rings. The Morgan fingerprint density at radius 2 is 1.54 bits per heavy atom. The van der Waals surface area contributed by atoms with Crippen molar-refractivity contribution in [3.8, 4) is 0 Å². The molecule has 26 heavy (non-hydrogen) atoms. The minimum Gasteiger partial charge on any atom is -0.341 e. The molecular formula is C20H31N5O. The first-order chi connectivity index (χ1) is 12.8. The van der Waals surface area contributed by atoms with E-state index < -0.39 is 0 Å². The molecule has 0 aliphatic carbocycles. The van der Waals surface area contributed by atoms with Crippen molar-refractivity contribution in [3.63, 3.8) is 0 Å². The summed E-state index contributed by atoms with van der Waals surface area (Å²) in [7, 11) is 0. The van der Waals surface area contributed by atoms with Crippen LogP contribution in [0.4, 0.5) is 5.95 Å². The lowest BCUT2D eigenvalue weighted by Crippen LogP contribution is -2.39. The highest BCUT2D eigenvalue weighted by Gasteiger charge is 2.25. The van der Waals surface area contributed by atoms with E-state index in [1.165, 1.54) is 51.7 Å². The Bertz CT molecular complexity index is 585. The summed E-state index contributed by atoms with van der Waals surface area (Å²) in [6.45, 7) is 7.60. The number of rotatable bonds is 5. The molecule has 6 nitrogen and oxygen atoms in total. The first-order valence-electron chi connectivity index (χ1n) is 10.4. The molecule has 6 heteroatoms. The number of aromatic nitrogens is 2. The van der Waals surface area contributed by atoms with Crippen molar-refractivity contribution >= 4 is 11.9 Å². The quantitative estimate of drug-likeness (QED) is 0.810. The van der Waals surface area contributed by atoms with Crippen molar-refractivity contribution in [1.29, 1.82) is 0 Å². The van der Waals surface area contributed by atoms with Crippen LogP contribution in [-0.2, 0) is 0 Å². The van der Waals surface area contributed by atoms with Gasteiger partial charge in [-0.1, -0.05) is 0 Å².